The zero-order chi connectivity index (χ0) is 36.5. The maximum absolute atomic E-state index is 12.1. The van der Waals surface area contributed by atoms with E-state index in [1.807, 2.05) is 97.1 Å². The van der Waals surface area contributed by atoms with E-state index in [-0.39, 0.29) is 11.5 Å². The molecular formula is C47H40N2O2Si2. The van der Waals surface area contributed by atoms with Crippen molar-refractivity contribution in [3.05, 3.63) is 210 Å². The van der Waals surface area contributed by atoms with Gasteiger partial charge in [-0.25, -0.2) is 0 Å². The highest BCUT2D eigenvalue weighted by Crippen LogP contribution is 2.36. The standard InChI is InChI=1S/C47H40N2O2Si2/c1-53(40-27-13-5-14-28-40,41-29-15-6-16-30-41)43-32-18-24-38(47(43)51)34-49-45(36-21-9-3-10-22-36)44(35-19-7-2-8-20-35)48-33-37-23-17-31-42(46(37)50)52-39-25-11-4-12-26-39/h2-34,44-45,50-51H,1H3. The summed E-state index contributed by atoms with van der Waals surface area (Å²) in [6.07, 6.45) is 3.57. The quantitative estimate of drug-likeness (QED) is 0.0823. The monoisotopic (exact) mass is 720 g/mol. The van der Waals surface area contributed by atoms with Crippen LogP contribution in [0, 0.1) is 0 Å². The molecule has 0 bridgehead atoms. The van der Waals surface area contributed by atoms with Crippen molar-refractivity contribution in [2.45, 2.75) is 18.6 Å². The summed E-state index contributed by atoms with van der Waals surface area (Å²) >= 11 is 0. The normalized spacial score (nSPS) is 12.9. The molecule has 2 N–H and O–H groups in total. The summed E-state index contributed by atoms with van der Waals surface area (Å²) in [6, 6.07) is 62.5. The molecule has 0 aliphatic carbocycles. The van der Waals surface area contributed by atoms with Crippen LogP contribution in [0.25, 0.3) is 0 Å². The Morgan fingerprint density at radius 3 is 1.38 bits per heavy atom. The molecule has 0 spiro atoms. The summed E-state index contributed by atoms with van der Waals surface area (Å²) < 4.78 is 0. The number of nitrogens with zero attached hydrogens (tertiary/aromatic N) is 2. The van der Waals surface area contributed by atoms with Crippen LogP contribution in [0.5, 0.6) is 11.5 Å². The van der Waals surface area contributed by atoms with Crippen LogP contribution in [0.3, 0.4) is 0 Å². The SMILES string of the molecule is C[Si](c1ccccc1)(c1ccccc1)c1cccc(C=NC(c2ccccc2)C(N=Cc2cccc([Si]c3ccccc3)c2O)c2ccccc2)c1O. The Morgan fingerprint density at radius 1 is 0.472 bits per heavy atom. The van der Waals surface area contributed by atoms with Crippen molar-refractivity contribution < 1.29 is 10.2 Å². The third-order valence-corrected chi connectivity index (χ3v) is 15.5. The molecule has 0 amide bonds. The lowest BCUT2D eigenvalue weighted by molar-refractivity contribution is 0.477. The van der Waals surface area contributed by atoms with E-state index < -0.39 is 20.2 Å². The smallest absolute Gasteiger partial charge is 0.150 e. The fourth-order valence-corrected chi connectivity index (χ4v) is 11.7. The maximum atomic E-state index is 12.1. The van der Waals surface area contributed by atoms with Crippen LogP contribution >= 0.6 is 0 Å². The van der Waals surface area contributed by atoms with Gasteiger partial charge in [-0.3, -0.25) is 9.98 Å². The van der Waals surface area contributed by atoms with Gasteiger partial charge < -0.3 is 10.2 Å². The Kier molecular flexibility index (Phi) is 11.0. The summed E-state index contributed by atoms with van der Waals surface area (Å²) in [5.74, 6) is 0.474. The average Bonchev–Trinajstić information content (AvgIpc) is 3.22. The third kappa shape index (κ3) is 7.89. The van der Waals surface area contributed by atoms with E-state index in [2.05, 4.69) is 97.5 Å². The summed E-state index contributed by atoms with van der Waals surface area (Å²) in [6.45, 7) is 2.30. The molecule has 0 saturated carbocycles. The molecule has 258 valence electrons. The Balaban J connectivity index is 1.30. The molecule has 0 aliphatic rings. The third-order valence-electron chi connectivity index (χ3n) is 9.76. The van der Waals surface area contributed by atoms with Crippen LogP contribution in [0.15, 0.2) is 198 Å². The molecule has 7 rings (SSSR count). The maximum Gasteiger partial charge on any atom is 0.150 e. The lowest BCUT2D eigenvalue weighted by Crippen LogP contribution is -2.64. The van der Waals surface area contributed by atoms with Crippen LogP contribution in [0.1, 0.15) is 34.3 Å². The number of hydrogen-bond acceptors (Lipinski definition) is 4. The Hall–Kier alpha value is -6.09. The minimum absolute atomic E-state index is 0.232. The average molecular weight is 721 g/mol. The highest BCUT2D eigenvalue weighted by molar-refractivity contribution is 7.11. The predicted octanol–water partition coefficient (Wildman–Crippen LogP) is 6.87. The van der Waals surface area contributed by atoms with Gasteiger partial charge in [0.2, 0.25) is 0 Å². The number of aliphatic imine (C=N–C) groups is 2. The van der Waals surface area contributed by atoms with Gasteiger partial charge in [-0.2, -0.15) is 0 Å². The lowest BCUT2D eigenvalue weighted by atomic mass is 9.94. The summed E-state index contributed by atoms with van der Waals surface area (Å²) in [5, 5.41) is 28.9. The minimum atomic E-state index is -2.59. The molecule has 7 aromatic carbocycles. The van der Waals surface area contributed by atoms with E-state index in [0.717, 1.165) is 26.7 Å². The van der Waals surface area contributed by atoms with Crippen molar-refractivity contribution in [2.75, 3.05) is 0 Å². The van der Waals surface area contributed by atoms with E-state index in [1.165, 1.54) is 10.4 Å². The van der Waals surface area contributed by atoms with Crippen LogP contribution in [-0.2, 0) is 0 Å². The largest absolute Gasteiger partial charge is 0.507 e. The summed E-state index contributed by atoms with van der Waals surface area (Å²) in [7, 11) is -2.27. The number of aromatic hydroxyl groups is 2. The van der Waals surface area contributed by atoms with Gasteiger partial charge in [0.15, 0.2) is 0 Å². The number of phenols is 2. The van der Waals surface area contributed by atoms with Crippen LogP contribution in [0.2, 0.25) is 6.55 Å². The molecule has 53 heavy (non-hydrogen) atoms. The molecule has 7 aromatic rings. The second-order valence-corrected chi connectivity index (χ2v) is 18.4. The van der Waals surface area contributed by atoms with Gasteiger partial charge >= 0.3 is 0 Å². The van der Waals surface area contributed by atoms with Gasteiger partial charge in [-0.1, -0.05) is 188 Å². The molecule has 6 heteroatoms. The van der Waals surface area contributed by atoms with Crippen molar-refractivity contribution in [3.8, 4) is 11.5 Å². The van der Waals surface area contributed by atoms with Crippen LogP contribution in [-0.4, -0.2) is 40.2 Å². The summed E-state index contributed by atoms with van der Waals surface area (Å²) in [5.41, 5.74) is 3.28. The van der Waals surface area contributed by atoms with Gasteiger partial charge in [0.25, 0.3) is 0 Å². The fourth-order valence-electron chi connectivity index (χ4n) is 6.85. The number of benzene rings is 7. The number of hydrogen-bond donors (Lipinski definition) is 2. The predicted molar refractivity (Wildman–Crippen MR) is 225 cm³/mol. The first-order chi connectivity index (χ1) is 26.0. The number of phenolic OH excluding ortho intramolecular Hbond substituents is 2. The Morgan fingerprint density at radius 2 is 0.887 bits per heavy atom. The first kappa shape index (κ1) is 35.3. The van der Waals surface area contributed by atoms with Gasteiger partial charge in [0, 0.05) is 23.6 Å². The Bertz CT molecular complexity index is 2260. The second kappa shape index (κ2) is 16.5. The lowest BCUT2D eigenvalue weighted by Gasteiger charge is -2.30. The van der Waals surface area contributed by atoms with Crippen molar-refractivity contribution in [3.63, 3.8) is 0 Å². The van der Waals surface area contributed by atoms with Gasteiger partial charge in [-0.05, 0) is 44.0 Å². The molecule has 0 heterocycles. The molecule has 4 nitrogen and oxygen atoms in total. The van der Waals surface area contributed by atoms with E-state index in [0.29, 0.717) is 20.6 Å². The topological polar surface area (TPSA) is 65.2 Å². The van der Waals surface area contributed by atoms with E-state index >= 15 is 0 Å². The zero-order valence-electron chi connectivity index (χ0n) is 29.5. The molecule has 2 radical (unpaired) electrons. The van der Waals surface area contributed by atoms with Crippen molar-refractivity contribution in [1.29, 1.82) is 0 Å². The zero-order valence-corrected chi connectivity index (χ0v) is 31.5. The Labute approximate surface area is 315 Å². The molecular weight excluding hydrogens is 681 g/mol. The van der Waals surface area contributed by atoms with Crippen molar-refractivity contribution in [2.24, 2.45) is 9.98 Å². The molecule has 2 atom stereocenters. The number of rotatable bonds is 12. The first-order valence-corrected chi connectivity index (χ1v) is 21.3. The van der Waals surface area contributed by atoms with Gasteiger partial charge in [0.05, 0.1) is 0 Å². The first-order valence-electron chi connectivity index (χ1n) is 17.8. The number of para-hydroxylation sites is 2. The molecule has 2 unspecified atom stereocenters. The van der Waals surface area contributed by atoms with Crippen LogP contribution in [0.4, 0.5) is 0 Å². The molecule has 0 saturated heterocycles. The summed E-state index contributed by atoms with van der Waals surface area (Å²) in [4.78, 5) is 10.4. The molecule has 0 aliphatic heterocycles. The van der Waals surface area contributed by atoms with Crippen molar-refractivity contribution >= 4 is 56.0 Å². The molecule has 0 aromatic heterocycles. The molecule has 0 fully saturated rings. The van der Waals surface area contributed by atoms with E-state index in [9.17, 15) is 10.2 Å². The van der Waals surface area contributed by atoms with Gasteiger partial charge in [-0.15, -0.1) is 0 Å². The van der Waals surface area contributed by atoms with E-state index in [4.69, 9.17) is 9.98 Å². The van der Waals surface area contributed by atoms with E-state index in [1.54, 1.807) is 12.4 Å². The van der Waals surface area contributed by atoms with Crippen molar-refractivity contribution in [1.82, 2.24) is 0 Å². The van der Waals surface area contributed by atoms with Gasteiger partial charge in [0.1, 0.15) is 41.2 Å². The minimum Gasteiger partial charge on any atom is -0.507 e. The highest BCUT2D eigenvalue weighted by atomic mass is 28.3. The second-order valence-electron chi connectivity index (χ2n) is 13.1. The van der Waals surface area contributed by atoms with Crippen LogP contribution < -0.4 is 25.9 Å². The highest BCUT2D eigenvalue weighted by Gasteiger charge is 2.36. The fraction of sp³-hybridized carbons (Fsp3) is 0.0638.